The summed E-state index contributed by atoms with van der Waals surface area (Å²) in [6.45, 7) is 0. The standard InChI is InChI=1S/C10H12BrNO4/c1-15-10(7-11,16-2)8-4-3-5-9(6-8)12(13)14/h3-6H,7H2,1-2H3. The van der Waals surface area contributed by atoms with Gasteiger partial charge >= 0.3 is 0 Å². The lowest BCUT2D eigenvalue weighted by molar-refractivity contribution is -0.385. The number of nitrogens with zero attached hydrogens (tertiary/aromatic N) is 1. The van der Waals surface area contributed by atoms with Crippen LogP contribution in [-0.4, -0.2) is 24.5 Å². The number of benzene rings is 1. The molecule has 0 saturated carbocycles. The van der Waals surface area contributed by atoms with Crippen molar-refractivity contribution in [3.8, 4) is 0 Å². The second-order valence-electron chi connectivity index (χ2n) is 3.10. The zero-order valence-electron chi connectivity index (χ0n) is 8.97. The maximum atomic E-state index is 10.7. The molecule has 0 spiro atoms. The van der Waals surface area contributed by atoms with E-state index in [2.05, 4.69) is 15.9 Å². The fourth-order valence-corrected chi connectivity index (χ4v) is 2.14. The second kappa shape index (κ2) is 5.38. The number of hydrogen-bond donors (Lipinski definition) is 0. The highest BCUT2D eigenvalue weighted by Crippen LogP contribution is 2.30. The number of nitro benzene ring substituents is 1. The molecule has 1 rings (SSSR count). The van der Waals surface area contributed by atoms with Gasteiger partial charge in [-0.2, -0.15) is 0 Å². The fourth-order valence-electron chi connectivity index (χ4n) is 1.36. The molecule has 0 amide bonds. The van der Waals surface area contributed by atoms with Crippen molar-refractivity contribution in [3.05, 3.63) is 39.9 Å². The maximum absolute atomic E-state index is 10.7. The van der Waals surface area contributed by atoms with E-state index in [1.54, 1.807) is 12.1 Å². The minimum atomic E-state index is -0.994. The van der Waals surface area contributed by atoms with Crippen molar-refractivity contribution in [2.24, 2.45) is 0 Å². The third kappa shape index (κ3) is 2.40. The molecule has 0 unspecified atom stereocenters. The van der Waals surface area contributed by atoms with Crippen LogP contribution in [0.4, 0.5) is 5.69 Å². The summed E-state index contributed by atoms with van der Waals surface area (Å²) in [6.07, 6.45) is 0. The number of rotatable bonds is 5. The Morgan fingerprint density at radius 1 is 1.44 bits per heavy atom. The molecule has 0 aliphatic heterocycles. The van der Waals surface area contributed by atoms with Gasteiger partial charge in [0, 0.05) is 31.9 Å². The van der Waals surface area contributed by atoms with Crippen LogP contribution in [-0.2, 0) is 15.3 Å². The van der Waals surface area contributed by atoms with Crippen LogP contribution in [0.1, 0.15) is 5.56 Å². The maximum Gasteiger partial charge on any atom is 0.269 e. The molecule has 0 aliphatic rings. The quantitative estimate of drug-likeness (QED) is 0.361. The molecule has 1 aromatic rings. The number of ether oxygens (including phenoxy) is 2. The first kappa shape index (κ1) is 13.1. The summed E-state index contributed by atoms with van der Waals surface area (Å²) in [7, 11) is 2.98. The van der Waals surface area contributed by atoms with Crippen LogP contribution >= 0.6 is 15.9 Å². The topological polar surface area (TPSA) is 61.6 Å². The van der Waals surface area contributed by atoms with Crippen LogP contribution in [0, 0.1) is 10.1 Å². The zero-order chi connectivity index (χ0) is 12.2. The van der Waals surface area contributed by atoms with Gasteiger partial charge in [-0.25, -0.2) is 0 Å². The molecule has 0 heterocycles. The largest absolute Gasteiger partial charge is 0.349 e. The normalized spacial score (nSPS) is 11.4. The highest BCUT2D eigenvalue weighted by molar-refractivity contribution is 9.09. The minimum absolute atomic E-state index is 0.0110. The Hall–Kier alpha value is -0.980. The second-order valence-corrected chi connectivity index (χ2v) is 3.66. The van der Waals surface area contributed by atoms with Crippen LogP contribution in [0.5, 0.6) is 0 Å². The molecule has 5 nitrogen and oxygen atoms in total. The first-order valence-electron chi connectivity index (χ1n) is 4.51. The van der Waals surface area contributed by atoms with Gasteiger partial charge in [0.25, 0.3) is 5.69 Å². The number of hydrogen-bond acceptors (Lipinski definition) is 4. The summed E-state index contributed by atoms with van der Waals surface area (Å²) < 4.78 is 10.5. The average molecular weight is 290 g/mol. The smallest absolute Gasteiger partial charge is 0.269 e. The number of non-ortho nitro benzene ring substituents is 1. The Balaban J connectivity index is 3.20. The lowest BCUT2D eigenvalue weighted by atomic mass is 10.1. The number of methoxy groups -OCH3 is 2. The Kier molecular flexibility index (Phi) is 4.40. The summed E-state index contributed by atoms with van der Waals surface area (Å²) in [6, 6.07) is 6.19. The Morgan fingerprint density at radius 2 is 2.06 bits per heavy atom. The van der Waals surface area contributed by atoms with Gasteiger partial charge in [-0.3, -0.25) is 10.1 Å². The summed E-state index contributed by atoms with van der Waals surface area (Å²) in [4.78, 5) is 10.2. The van der Waals surface area contributed by atoms with Gasteiger partial charge in [0.05, 0.1) is 10.3 Å². The summed E-state index contributed by atoms with van der Waals surface area (Å²) in [5.74, 6) is -0.994. The summed E-state index contributed by atoms with van der Waals surface area (Å²) in [5, 5.41) is 11.0. The van der Waals surface area contributed by atoms with Gasteiger partial charge < -0.3 is 9.47 Å². The van der Waals surface area contributed by atoms with E-state index in [9.17, 15) is 10.1 Å². The molecule has 16 heavy (non-hydrogen) atoms. The van der Waals surface area contributed by atoms with E-state index >= 15 is 0 Å². The van der Waals surface area contributed by atoms with Crippen LogP contribution in [0.25, 0.3) is 0 Å². The molecule has 6 heteroatoms. The predicted octanol–water partition coefficient (Wildman–Crippen LogP) is 2.44. The molecule has 0 saturated heterocycles. The monoisotopic (exact) mass is 289 g/mol. The molecular formula is C10H12BrNO4. The van der Waals surface area contributed by atoms with Gasteiger partial charge in [-0.05, 0) is 0 Å². The van der Waals surface area contributed by atoms with Crippen molar-refractivity contribution in [1.82, 2.24) is 0 Å². The molecule has 0 atom stereocenters. The van der Waals surface area contributed by atoms with Gasteiger partial charge in [-0.15, -0.1) is 0 Å². The van der Waals surface area contributed by atoms with Gasteiger partial charge in [0.15, 0.2) is 0 Å². The van der Waals surface area contributed by atoms with E-state index in [4.69, 9.17) is 9.47 Å². The highest BCUT2D eigenvalue weighted by atomic mass is 79.9. The number of nitro groups is 1. The lowest BCUT2D eigenvalue weighted by Crippen LogP contribution is -2.32. The Bertz CT molecular complexity index is 371. The third-order valence-electron chi connectivity index (χ3n) is 2.33. The van der Waals surface area contributed by atoms with Crippen LogP contribution < -0.4 is 0 Å². The van der Waals surface area contributed by atoms with Crippen LogP contribution in [0.3, 0.4) is 0 Å². The first-order valence-corrected chi connectivity index (χ1v) is 5.63. The fraction of sp³-hybridized carbons (Fsp3) is 0.400. The molecule has 0 bridgehead atoms. The van der Waals surface area contributed by atoms with E-state index in [-0.39, 0.29) is 5.69 Å². The Morgan fingerprint density at radius 3 is 2.50 bits per heavy atom. The SMILES string of the molecule is COC(CBr)(OC)c1cccc([N+](=O)[O-])c1. The van der Waals surface area contributed by atoms with E-state index in [0.717, 1.165) is 0 Å². The van der Waals surface area contributed by atoms with E-state index in [1.165, 1.54) is 26.4 Å². The molecule has 88 valence electrons. The van der Waals surface area contributed by atoms with Crippen molar-refractivity contribution >= 4 is 21.6 Å². The molecule has 0 N–H and O–H groups in total. The highest BCUT2D eigenvalue weighted by Gasteiger charge is 2.31. The van der Waals surface area contributed by atoms with Crippen molar-refractivity contribution in [2.45, 2.75) is 5.79 Å². The molecule has 0 aromatic heterocycles. The number of alkyl halides is 1. The lowest BCUT2D eigenvalue weighted by Gasteiger charge is -2.28. The van der Waals surface area contributed by atoms with Crippen molar-refractivity contribution in [3.63, 3.8) is 0 Å². The number of halogens is 1. The predicted molar refractivity (Wildman–Crippen MR) is 62.6 cm³/mol. The molecule has 1 aromatic carbocycles. The van der Waals surface area contributed by atoms with Crippen molar-refractivity contribution in [1.29, 1.82) is 0 Å². The van der Waals surface area contributed by atoms with Crippen molar-refractivity contribution < 1.29 is 14.4 Å². The minimum Gasteiger partial charge on any atom is -0.349 e. The zero-order valence-corrected chi connectivity index (χ0v) is 10.6. The van der Waals surface area contributed by atoms with E-state index in [1.807, 2.05) is 0 Å². The molecule has 0 fully saturated rings. The van der Waals surface area contributed by atoms with Gasteiger partial charge in [0.2, 0.25) is 5.79 Å². The van der Waals surface area contributed by atoms with Crippen molar-refractivity contribution in [2.75, 3.05) is 19.5 Å². The summed E-state index contributed by atoms with van der Waals surface area (Å²) in [5.41, 5.74) is 0.612. The average Bonchev–Trinajstić information content (AvgIpc) is 2.32. The Labute approximate surface area is 102 Å². The van der Waals surface area contributed by atoms with Crippen LogP contribution in [0.15, 0.2) is 24.3 Å². The summed E-state index contributed by atoms with van der Waals surface area (Å²) >= 11 is 3.27. The van der Waals surface area contributed by atoms with Gasteiger partial charge in [0.1, 0.15) is 0 Å². The third-order valence-corrected chi connectivity index (χ3v) is 3.07. The molecule has 0 radical (unpaired) electrons. The van der Waals surface area contributed by atoms with Gasteiger partial charge in [-0.1, -0.05) is 28.1 Å². The molecular weight excluding hydrogens is 278 g/mol. The van der Waals surface area contributed by atoms with Crippen LogP contribution in [0.2, 0.25) is 0 Å². The van der Waals surface area contributed by atoms with E-state index in [0.29, 0.717) is 10.9 Å². The van der Waals surface area contributed by atoms with E-state index < -0.39 is 10.7 Å². The molecule has 0 aliphatic carbocycles. The first-order chi connectivity index (χ1) is 7.59.